The highest BCUT2D eigenvalue weighted by molar-refractivity contribution is 5.76. The zero-order valence-corrected chi connectivity index (χ0v) is 6.64. The van der Waals surface area contributed by atoms with Crippen LogP contribution in [0.25, 0.3) is 0 Å². The van der Waals surface area contributed by atoms with E-state index in [1.807, 2.05) is 0 Å². The quantitative estimate of drug-likeness (QED) is 0.563. The normalized spacial score (nSPS) is 10.4. The molecule has 0 bridgehead atoms. The van der Waals surface area contributed by atoms with Crippen molar-refractivity contribution in [3.8, 4) is 5.75 Å². The fourth-order valence-corrected chi connectivity index (χ4v) is 0.821. The van der Waals surface area contributed by atoms with Crippen LogP contribution in [0.15, 0.2) is 12.1 Å². The Morgan fingerprint density at radius 1 is 1.21 bits per heavy atom. The lowest BCUT2D eigenvalue weighted by Gasteiger charge is -2.06. The lowest BCUT2D eigenvalue weighted by atomic mass is 10.2. The van der Waals surface area contributed by atoms with Crippen molar-refractivity contribution >= 4 is 6.29 Å². The molecule has 0 saturated carbocycles. The summed E-state index contributed by atoms with van der Waals surface area (Å²) in [5.41, 5.74) is -0.540. The first-order valence-electron chi connectivity index (χ1n) is 3.43. The second kappa shape index (κ2) is 4.08. The SMILES string of the molecule is O=Cc1cc(OC(F)F)c(F)cc1F. The Morgan fingerprint density at radius 3 is 2.36 bits per heavy atom. The highest BCUT2D eigenvalue weighted by atomic mass is 19.3. The number of carbonyl (C=O) groups excluding carboxylic acids is 1. The molecule has 0 saturated heterocycles. The summed E-state index contributed by atoms with van der Waals surface area (Å²) in [6.07, 6.45) is 0.0765. The fraction of sp³-hybridized carbons (Fsp3) is 0.125. The van der Waals surface area contributed by atoms with Crippen molar-refractivity contribution in [1.82, 2.24) is 0 Å². The number of hydrogen-bond acceptors (Lipinski definition) is 2. The van der Waals surface area contributed by atoms with E-state index >= 15 is 0 Å². The van der Waals surface area contributed by atoms with E-state index in [2.05, 4.69) is 4.74 Å². The first kappa shape index (κ1) is 10.5. The molecule has 2 nitrogen and oxygen atoms in total. The van der Waals surface area contributed by atoms with Gasteiger partial charge in [0.05, 0.1) is 5.56 Å². The Hall–Kier alpha value is -1.59. The van der Waals surface area contributed by atoms with Gasteiger partial charge in [-0.3, -0.25) is 4.79 Å². The van der Waals surface area contributed by atoms with Gasteiger partial charge in [-0.15, -0.1) is 0 Å². The van der Waals surface area contributed by atoms with Crippen LogP contribution in [0.3, 0.4) is 0 Å². The zero-order chi connectivity index (χ0) is 10.7. The van der Waals surface area contributed by atoms with E-state index in [1.165, 1.54) is 0 Å². The van der Waals surface area contributed by atoms with Crippen LogP contribution < -0.4 is 4.74 Å². The summed E-state index contributed by atoms with van der Waals surface area (Å²) < 4.78 is 52.4. The first-order chi connectivity index (χ1) is 6.54. The molecule has 0 aromatic heterocycles. The third-order valence-corrected chi connectivity index (χ3v) is 1.39. The van der Waals surface area contributed by atoms with Gasteiger partial charge in [0.2, 0.25) is 0 Å². The summed E-state index contributed by atoms with van der Waals surface area (Å²) in [4.78, 5) is 10.2. The van der Waals surface area contributed by atoms with Crippen LogP contribution in [-0.4, -0.2) is 12.9 Å². The molecule has 0 aliphatic rings. The zero-order valence-electron chi connectivity index (χ0n) is 6.64. The van der Waals surface area contributed by atoms with Gasteiger partial charge in [0.15, 0.2) is 17.9 Å². The molecule has 0 aliphatic heterocycles. The molecular formula is C8H4F4O2. The summed E-state index contributed by atoms with van der Waals surface area (Å²) in [7, 11) is 0. The Bertz CT molecular complexity index is 351. The van der Waals surface area contributed by atoms with Crippen molar-refractivity contribution in [2.75, 3.05) is 0 Å². The number of carbonyl (C=O) groups is 1. The summed E-state index contributed by atoms with van der Waals surface area (Å²) in [6, 6.07) is 0.880. The van der Waals surface area contributed by atoms with Gasteiger partial charge in [0.1, 0.15) is 5.82 Å². The van der Waals surface area contributed by atoms with Crippen molar-refractivity contribution in [1.29, 1.82) is 0 Å². The fourth-order valence-electron chi connectivity index (χ4n) is 0.821. The molecule has 0 radical (unpaired) electrons. The van der Waals surface area contributed by atoms with Crippen molar-refractivity contribution in [2.45, 2.75) is 6.61 Å². The maximum absolute atomic E-state index is 12.7. The van der Waals surface area contributed by atoms with E-state index in [0.29, 0.717) is 12.1 Å². The van der Waals surface area contributed by atoms with Crippen LogP contribution in [0.4, 0.5) is 17.6 Å². The molecular weight excluding hydrogens is 204 g/mol. The van der Waals surface area contributed by atoms with Crippen molar-refractivity contribution in [2.24, 2.45) is 0 Å². The van der Waals surface area contributed by atoms with E-state index < -0.39 is 29.6 Å². The number of hydrogen-bond donors (Lipinski definition) is 0. The largest absolute Gasteiger partial charge is 0.432 e. The molecule has 1 rings (SSSR count). The van der Waals surface area contributed by atoms with Gasteiger partial charge in [-0.05, 0) is 6.07 Å². The van der Waals surface area contributed by atoms with Gasteiger partial charge in [-0.1, -0.05) is 0 Å². The van der Waals surface area contributed by atoms with Crippen LogP contribution in [-0.2, 0) is 0 Å². The van der Waals surface area contributed by atoms with E-state index in [-0.39, 0.29) is 6.29 Å². The van der Waals surface area contributed by atoms with Crippen molar-refractivity contribution in [3.63, 3.8) is 0 Å². The number of rotatable bonds is 3. The minimum Gasteiger partial charge on any atom is -0.432 e. The van der Waals surface area contributed by atoms with Crippen molar-refractivity contribution < 1.29 is 27.1 Å². The Morgan fingerprint density at radius 2 is 1.86 bits per heavy atom. The third-order valence-electron chi connectivity index (χ3n) is 1.39. The minimum absolute atomic E-state index is 0.0765. The molecule has 6 heteroatoms. The summed E-state index contributed by atoms with van der Waals surface area (Å²) in [6.45, 7) is -3.23. The van der Waals surface area contributed by atoms with Gasteiger partial charge in [0, 0.05) is 6.07 Å². The lowest BCUT2D eigenvalue weighted by molar-refractivity contribution is -0.0522. The molecule has 76 valence electrons. The number of halogens is 4. The van der Waals surface area contributed by atoms with Gasteiger partial charge in [0.25, 0.3) is 0 Å². The van der Waals surface area contributed by atoms with Gasteiger partial charge < -0.3 is 4.74 Å². The first-order valence-corrected chi connectivity index (χ1v) is 3.43. The number of benzene rings is 1. The highest BCUT2D eigenvalue weighted by Gasteiger charge is 2.13. The average Bonchev–Trinajstić information content (AvgIpc) is 2.09. The van der Waals surface area contributed by atoms with Crippen LogP contribution in [0.5, 0.6) is 5.75 Å². The average molecular weight is 208 g/mol. The minimum atomic E-state index is -3.23. The topological polar surface area (TPSA) is 26.3 Å². The molecule has 0 heterocycles. The summed E-state index contributed by atoms with van der Waals surface area (Å²) in [5.74, 6) is -3.27. The highest BCUT2D eigenvalue weighted by Crippen LogP contribution is 2.22. The Kier molecular flexibility index (Phi) is 3.06. The van der Waals surface area contributed by atoms with Gasteiger partial charge in [-0.25, -0.2) is 8.78 Å². The molecule has 0 atom stereocenters. The van der Waals surface area contributed by atoms with Gasteiger partial charge >= 0.3 is 6.61 Å². The molecule has 0 spiro atoms. The smallest absolute Gasteiger partial charge is 0.387 e. The lowest BCUT2D eigenvalue weighted by Crippen LogP contribution is -2.05. The van der Waals surface area contributed by atoms with E-state index in [0.717, 1.165) is 0 Å². The number of ether oxygens (including phenoxy) is 1. The second-order valence-electron chi connectivity index (χ2n) is 2.30. The Labute approximate surface area is 76.1 Å². The summed E-state index contributed by atoms with van der Waals surface area (Å²) >= 11 is 0. The Balaban J connectivity index is 3.10. The van der Waals surface area contributed by atoms with Crippen LogP contribution >= 0.6 is 0 Å². The molecule has 0 fully saturated rings. The molecule has 0 N–H and O–H groups in total. The van der Waals surface area contributed by atoms with Gasteiger partial charge in [-0.2, -0.15) is 8.78 Å². The van der Waals surface area contributed by atoms with Crippen LogP contribution in [0.2, 0.25) is 0 Å². The molecule has 0 aliphatic carbocycles. The monoisotopic (exact) mass is 208 g/mol. The number of aldehydes is 1. The third kappa shape index (κ3) is 2.21. The molecule has 14 heavy (non-hydrogen) atoms. The molecule has 1 aromatic rings. The van der Waals surface area contributed by atoms with E-state index in [9.17, 15) is 22.4 Å². The maximum Gasteiger partial charge on any atom is 0.387 e. The number of alkyl halides is 2. The second-order valence-corrected chi connectivity index (χ2v) is 2.30. The van der Waals surface area contributed by atoms with E-state index in [4.69, 9.17) is 0 Å². The standard InChI is InChI=1S/C8H4F4O2/c9-5-2-6(10)7(14-8(11)12)1-4(5)3-13/h1-3,8H. The summed E-state index contributed by atoms with van der Waals surface area (Å²) in [5, 5.41) is 0. The predicted octanol–water partition coefficient (Wildman–Crippen LogP) is 2.38. The van der Waals surface area contributed by atoms with E-state index in [1.54, 1.807) is 0 Å². The molecule has 0 amide bonds. The van der Waals surface area contributed by atoms with Crippen LogP contribution in [0.1, 0.15) is 10.4 Å². The molecule has 0 unspecified atom stereocenters. The predicted molar refractivity (Wildman–Crippen MR) is 38.4 cm³/mol. The van der Waals surface area contributed by atoms with Crippen LogP contribution in [0, 0.1) is 11.6 Å². The van der Waals surface area contributed by atoms with Crippen molar-refractivity contribution in [3.05, 3.63) is 29.3 Å². The maximum atomic E-state index is 12.7. The molecule has 1 aromatic carbocycles.